The van der Waals surface area contributed by atoms with Crippen molar-refractivity contribution in [1.82, 2.24) is 20.1 Å². The molecule has 180 valence electrons. The van der Waals surface area contributed by atoms with Gasteiger partial charge in [0.15, 0.2) is 5.11 Å². The lowest BCUT2D eigenvalue weighted by Crippen LogP contribution is -2.46. The van der Waals surface area contributed by atoms with Crippen molar-refractivity contribution in [3.63, 3.8) is 0 Å². The summed E-state index contributed by atoms with van der Waals surface area (Å²) in [5, 5.41) is 5.22. The molecule has 1 unspecified atom stereocenters. The number of thiocarbonyl (C=S) groups is 1. The van der Waals surface area contributed by atoms with Gasteiger partial charge in [-0.05, 0) is 55.7 Å². The molecule has 4 rings (SSSR count). The lowest BCUT2D eigenvalue weighted by atomic mass is 10.0. The highest BCUT2D eigenvalue weighted by Gasteiger charge is 2.18. The van der Waals surface area contributed by atoms with Gasteiger partial charge in [0.05, 0.1) is 31.3 Å². The molecule has 6 nitrogen and oxygen atoms in total. The Hall–Kier alpha value is -2.74. The molecular formula is C27H34N4O2S. The molecule has 1 saturated heterocycles. The minimum atomic E-state index is -0.0588. The number of pyridine rings is 1. The molecule has 0 spiro atoms. The van der Waals surface area contributed by atoms with Gasteiger partial charge in [-0.15, -0.1) is 0 Å². The Balaban J connectivity index is 1.57. The van der Waals surface area contributed by atoms with Gasteiger partial charge in [0.1, 0.15) is 0 Å². The van der Waals surface area contributed by atoms with Gasteiger partial charge in [-0.2, -0.15) is 0 Å². The molecule has 0 saturated carbocycles. The van der Waals surface area contributed by atoms with Crippen molar-refractivity contribution in [1.29, 1.82) is 0 Å². The molecule has 7 heteroatoms. The van der Waals surface area contributed by atoms with E-state index in [2.05, 4.69) is 52.1 Å². The average Bonchev–Trinajstić information content (AvgIpc) is 2.85. The molecule has 1 aromatic heterocycles. The highest BCUT2D eigenvalue weighted by molar-refractivity contribution is 7.80. The van der Waals surface area contributed by atoms with Crippen LogP contribution in [0.2, 0.25) is 0 Å². The molecule has 1 fully saturated rings. The molecule has 1 aliphatic rings. The van der Waals surface area contributed by atoms with E-state index in [1.807, 2.05) is 37.3 Å². The number of rotatable bonds is 7. The quantitative estimate of drug-likeness (QED) is 0.502. The van der Waals surface area contributed by atoms with Crippen LogP contribution >= 0.6 is 12.2 Å². The summed E-state index contributed by atoms with van der Waals surface area (Å²) >= 11 is 5.86. The molecule has 1 atom stereocenters. The van der Waals surface area contributed by atoms with Crippen LogP contribution in [0, 0.1) is 13.8 Å². The summed E-state index contributed by atoms with van der Waals surface area (Å²) in [6.07, 6.45) is 0. The maximum Gasteiger partial charge on any atom is 0.253 e. The molecule has 3 aromatic rings. The number of fused-ring (bicyclic) bond motifs is 1. The normalized spacial score (nSPS) is 15.3. The van der Waals surface area contributed by atoms with Crippen molar-refractivity contribution in [2.45, 2.75) is 33.4 Å². The van der Waals surface area contributed by atoms with Gasteiger partial charge >= 0.3 is 0 Å². The van der Waals surface area contributed by atoms with Gasteiger partial charge in [-0.25, -0.2) is 0 Å². The van der Waals surface area contributed by atoms with E-state index in [4.69, 9.17) is 17.0 Å². The third-order valence-corrected chi connectivity index (χ3v) is 6.97. The van der Waals surface area contributed by atoms with Crippen LogP contribution in [0.1, 0.15) is 35.2 Å². The minimum Gasteiger partial charge on any atom is -0.379 e. The van der Waals surface area contributed by atoms with Gasteiger partial charge in [0.2, 0.25) is 0 Å². The van der Waals surface area contributed by atoms with Crippen molar-refractivity contribution in [3.05, 3.63) is 81.1 Å². The SMILES string of the molecule is Cc1ccc(C)c2[nH]c(=O)c(CN(CCN3CCOCC3)C(=S)NC(C)c3ccccc3)cc12. The first-order chi connectivity index (χ1) is 16.4. The molecule has 2 heterocycles. The number of nitrogens with one attached hydrogen (secondary N) is 2. The summed E-state index contributed by atoms with van der Waals surface area (Å²) in [6, 6.07) is 16.5. The zero-order valence-corrected chi connectivity index (χ0v) is 21.1. The van der Waals surface area contributed by atoms with Gasteiger partial charge < -0.3 is 19.9 Å². The standard InChI is InChI=1S/C27H34N4O2S/c1-19-9-10-20(2)25-24(19)17-23(26(32)29-25)18-31(12-11-30-13-15-33-16-14-30)27(34)28-21(3)22-7-5-4-6-8-22/h4-10,17,21H,11-16,18H2,1-3H3,(H,28,34)(H,29,32). The number of benzene rings is 2. The van der Waals surface area contributed by atoms with E-state index in [0.29, 0.717) is 11.7 Å². The number of nitrogens with zero attached hydrogens (tertiary/aromatic N) is 2. The van der Waals surface area contributed by atoms with Gasteiger partial charge in [-0.3, -0.25) is 9.69 Å². The van der Waals surface area contributed by atoms with E-state index in [9.17, 15) is 4.79 Å². The molecule has 0 bridgehead atoms. The number of ether oxygens (including phenoxy) is 1. The number of morpholine rings is 1. The van der Waals surface area contributed by atoms with Crippen molar-refractivity contribution < 1.29 is 4.74 Å². The third-order valence-electron chi connectivity index (χ3n) is 6.60. The second-order valence-electron chi connectivity index (χ2n) is 9.07. The highest BCUT2D eigenvalue weighted by Crippen LogP contribution is 2.20. The second kappa shape index (κ2) is 11.1. The molecule has 34 heavy (non-hydrogen) atoms. The molecule has 0 aliphatic carbocycles. The topological polar surface area (TPSA) is 60.6 Å². The van der Waals surface area contributed by atoms with Crippen LogP contribution < -0.4 is 10.9 Å². The fourth-order valence-corrected chi connectivity index (χ4v) is 4.71. The van der Waals surface area contributed by atoms with E-state index in [0.717, 1.165) is 67.0 Å². The van der Waals surface area contributed by atoms with Gasteiger partial charge in [-0.1, -0.05) is 42.5 Å². The Morgan fingerprint density at radius 2 is 1.85 bits per heavy atom. The zero-order valence-electron chi connectivity index (χ0n) is 20.3. The number of aromatic amines is 1. The highest BCUT2D eigenvalue weighted by atomic mass is 32.1. The van der Waals surface area contributed by atoms with Gasteiger partial charge in [0, 0.05) is 37.1 Å². The summed E-state index contributed by atoms with van der Waals surface area (Å²) in [5.41, 5.74) is 4.97. The fourth-order valence-electron chi connectivity index (χ4n) is 4.38. The molecule has 2 N–H and O–H groups in total. The van der Waals surface area contributed by atoms with E-state index < -0.39 is 0 Å². The maximum atomic E-state index is 13.0. The molecule has 1 aliphatic heterocycles. The van der Waals surface area contributed by atoms with Crippen LogP contribution in [0.5, 0.6) is 0 Å². The maximum absolute atomic E-state index is 13.0. The average molecular weight is 479 g/mol. The number of H-pyrrole nitrogens is 1. The van der Waals surface area contributed by atoms with Crippen LogP contribution in [0.3, 0.4) is 0 Å². The van der Waals surface area contributed by atoms with Crippen molar-refractivity contribution in [2.24, 2.45) is 0 Å². The van der Waals surface area contributed by atoms with E-state index in [-0.39, 0.29) is 11.6 Å². The molecule has 2 aromatic carbocycles. The first-order valence-electron chi connectivity index (χ1n) is 11.9. The predicted molar refractivity (Wildman–Crippen MR) is 142 cm³/mol. The number of hydrogen-bond donors (Lipinski definition) is 2. The zero-order chi connectivity index (χ0) is 24.1. The van der Waals surface area contributed by atoms with Crippen LogP contribution in [-0.2, 0) is 11.3 Å². The Morgan fingerprint density at radius 3 is 2.59 bits per heavy atom. The van der Waals surface area contributed by atoms with Crippen molar-refractivity contribution in [2.75, 3.05) is 39.4 Å². The Kier molecular flexibility index (Phi) is 7.98. The van der Waals surface area contributed by atoms with Crippen LogP contribution in [-0.4, -0.2) is 59.3 Å². The summed E-state index contributed by atoms with van der Waals surface area (Å²) in [6.45, 7) is 11.6. The minimum absolute atomic E-state index is 0.0588. The number of aromatic nitrogens is 1. The summed E-state index contributed by atoms with van der Waals surface area (Å²) in [5.74, 6) is 0. The largest absolute Gasteiger partial charge is 0.379 e. The predicted octanol–water partition coefficient (Wildman–Crippen LogP) is 3.91. The first-order valence-corrected chi connectivity index (χ1v) is 12.4. The van der Waals surface area contributed by atoms with Crippen LogP contribution in [0.15, 0.2) is 53.3 Å². The summed E-state index contributed by atoms with van der Waals surface area (Å²) in [4.78, 5) is 20.6. The molecule has 0 amide bonds. The van der Waals surface area contributed by atoms with Crippen LogP contribution in [0.4, 0.5) is 0 Å². The van der Waals surface area contributed by atoms with Crippen molar-refractivity contribution >= 4 is 28.2 Å². The van der Waals surface area contributed by atoms with Crippen LogP contribution in [0.25, 0.3) is 10.9 Å². The Morgan fingerprint density at radius 1 is 1.15 bits per heavy atom. The van der Waals surface area contributed by atoms with Crippen molar-refractivity contribution in [3.8, 4) is 0 Å². The number of hydrogen-bond acceptors (Lipinski definition) is 4. The Labute approximate surface area is 206 Å². The third kappa shape index (κ3) is 5.84. The summed E-state index contributed by atoms with van der Waals surface area (Å²) in [7, 11) is 0. The Bertz CT molecular complexity index is 1190. The molecular weight excluding hydrogens is 444 g/mol. The molecule has 0 radical (unpaired) electrons. The number of aryl methyl sites for hydroxylation is 2. The lowest BCUT2D eigenvalue weighted by Gasteiger charge is -2.32. The lowest BCUT2D eigenvalue weighted by molar-refractivity contribution is 0.0357. The van der Waals surface area contributed by atoms with E-state index in [1.165, 1.54) is 5.56 Å². The smallest absolute Gasteiger partial charge is 0.253 e. The summed E-state index contributed by atoms with van der Waals surface area (Å²) < 4.78 is 5.49. The fraction of sp³-hybridized carbons (Fsp3) is 0.407. The van der Waals surface area contributed by atoms with E-state index in [1.54, 1.807) is 0 Å². The van der Waals surface area contributed by atoms with Gasteiger partial charge in [0.25, 0.3) is 5.56 Å². The first kappa shape index (κ1) is 24.4. The monoisotopic (exact) mass is 478 g/mol. The second-order valence-corrected chi connectivity index (χ2v) is 9.46. The van der Waals surface area contributed by atoms with E-state index >= 15 is 0 Å².